The van der Waals surface area contributed by atoms with Crippen molar-refractivity contribution in [3.63, 3.8) is 0 Å². The summed E-state index contributed by atoms with van der Waals surface area (Å²) in [4.78, 5) is 96.7. The standard InChI is InChI=1S/C40H60N6O7/c1-9-14-25(32(47)36(51)41-19-10-2)42-35(50)31-28-24(40(28,6)7)20-46(31)37(52)29(23-15-12-11-13-16-23)44-38(53)43-26(39(3,4)5)21-45(8)30-27(22-17-18-22)33(48)34(30)49/h10,22-26,28-29,31H,2,9,11-21H2,1,3-8H3,(H,41,51)(H,42,50)(H2,43,44,53)/t24?,25?,26-,28+,29+,31+/m1/s1. The lowest BCUT2D eigenvalue weighted by Gasteiger charge is -2.39. The lowest BCUT2D eigenvalue weighted by Crippen LogP contribution is -2.62. The summed E-state index contributed by atoms with van der Waals surface area (Å²) < 4.78 is 0. The van der Waals surface area contributed by atoms with Gasteiger partial charge >= 0.3 is 6.03 Å². The van der Waals surface area contributed by atoms with Gasteiger partial charge in [0, 0.05) is 32.2 Å². The first kappa shape index (κ1) is 40.2. The van der Waals surface area contributed by atoms with Crippen LogP contribution in [0.3, 0.4) is 0 Å². The molecule has 5 rings (SSSR count). The molecule has 0 aromatic heterocycles. The normalized spacial score (nSPS) is 24.0. The molecule has 4 fully saturated rings. The molecule has 1 aliphatic heterocycles. The molecule has 13 heteroatoms. The number of rotatable bonds is 16. The van der Waals surface area contributed by atoms with Crippen molar-refractivity contribution in [2.45, 2.75) is 129 Å². The highest BCUT2D eigenvalue weighted by Crippen LogP contribution is 2.65. The Labute approximate surface area is 313 Å². The maximum Gasteiger partial charge on any atom is 0.315 e. The van der Waals surface area contributed by atoms with Crippen molar-refractivity contribution in [1.82, 2.24) is 26.2 Å². The van der Waals surface area contributed by atoms with Crippen molar-refractivity contribution in [2.75, 3.05) is 31.6 Å². The van der Waals surface area contributed by atoms with Gasteiger partial charge in [0.15, 0.2) is 0 Å². The van der Waals surface area contributed by atoms with Crippen LogP contribution in [0.25, 0.3) is 0 Å². The van der Waals surface area contributed by atoms with Gasteiger partial charge < -0.3 is 31.1 Å². The molecule has 0 bridgehead atoms. The van der Waals surface area contributed by atoms with Gasteiger partial charge in [0.05, 0.1) is 17.8 Å². The number of ketones is 1. The van der Waals surface area contributed by atoms with Crippen LogP contribution in [-0.2, 0) is 19.2 Å². The first-order chi connectivity index (χ1) is 24.9. The molecule has 3 aliphatic carbocycles. The van der Waals surface area contributed by atoms with Gasteiger partial charge in [0.2, 0.25) is 28.5 Å². The van der Waals surface area contributed by atoms with E-state index in [1.165, 1.54) is 6.08 Å². The molecule has 1 aromatic rings. The third-order valence-corrected chi connectivity index (χ3v) is 12.4. The molecule has 1 saturated heterocycles. The van der Waals surface area contributed by atoms with E-state index < -0.39 is 64.1 Å². The quantitative estimate of drug-likeness (QED) is 0.148. The Balaban J connectivity index is 1.34. The van der Waals surface area contributed by atoms with Crippen molar-refractivity contribution >= 4 is 35.2 Å². The predicted molar refractivity (Wildman–Crippen MR) is 203 cm³/mol. The summed E-state index contributed by atoms with van der Waals surface area (Å²) in [7, 11) is 1.77. The van der Waals surface area contributed by atoms with Gasteiger partial charge in [-0.25, -0.2) is 4.79 Å². The van der Waals surface area contributed by atoms with Crippen molar-refractivity contribution in [3.05, 3.63) is 38.7 Å². The number of carbonyl (C=O) groups excluding carboxylic acids is 5. The summed E-state index contributed by atoms with van der Waals surface area (Å²) in [6.07, 6.45) is 8.50. The van der Waals surface area contributed by atoms with Gasteiger partial charge in [-0.2, -0.15) is 0 Å². The van der Waals surface area contributed by atoms with Crippen LogP contribution in [-0.4, -0.2) is 85.3 Å². The Morgan fingerprint density at radius 3 is 2.23 bits per heavy atom. The van der Waals surface area contributed by atoms with E-state index in [-0.39, 0.29) is 48.0 Å². The summed E-state index contributed by atoms with van der Waals surface area (Å²) >= 11 is 0. The molecule has 0 spiro atoms. The number of nitrogens with zero attached hydrogens (tertiary/aromatic N) is 2. The number of hydrogen-bond acceptors (Lipinski definition) is 8. The first-order valence-electron chi connectivity index (χ1n) is 19.6. The van der Waals surface area contributed by atoms with Crippen LogP contribution in [0.5, 0.6) is 0 Å². The third kappa shape index (κ3) is 8.38. The predicted octanol–water partition coefficient (Wildman–Crippen LogP) is 2.90. The van der Waals surface area contributed by atoms with Gasteiger partial charge in [-0.05, 0) is 66.6 Å². The minimum absolute atomic E-state index is 0.0796. The zero-order valence-corrected chi connectivity index (χ0v) is 32.6. The Morgan fingerprint density at radius 1 is 0.981 bits per heavy atom. The summed E-state index contributed by atoms with van der Waals surface area (Å²) in [5.41, 5.74) is -0.483. The molecule has 13 nitrogen and oxygen atoms in total. The van der Waals surface area contributed by atoms with E-state index in [2.05, 4.69) is 41.7 Å². The van der Waals surface area contributed by atoms with Gasteiger partial charge in [0.25, 0.3) is 5.91 Å². The molecule has 0 radical (unpaired) electrons. The molecule has 4 aliphatic rings. The fraction of sp³-hybridized carbons (Fsp3) is 0.725. The Bertz CT molecular complexity index is 1660. The van der Waals surface area contributed by atoms with Gasteiger partial charge in [-0.15, -0.1) is 6.58 Å². The highest BCUT2D eigenvalue weighted by Gasteiger charge is 2.69. The van der Waals surface area contributed by atoms with Crippen molar-refractivity contribution in [3.8, 4) is 0 Å². The second kappa shape index (κ2) is 15.8. The number of likely N-dealkylation sites (N-methyl/N-ethyl adjacent to an activating group) is 1. The molecule has 3 saturated carbocycles. The molecular formula is C40H60N6O7. The van der Waals surface area contributed by atoms with E-state index in [1.54, 1.807) is 16.8 Å². The average Bonchev–Trinajstić information content (AvgIpc) is 3.98. The van der Waals surface area contributed by atoms with Crippen LogP contribution >= 0.6 is 0 Å². The van der Waals surface area contributed by atoms with Crippen molar-refractivity contribution < 1.29 is 24.0 Å². The van der Waals surface area contributed by atoms with E-state index in [0.29, 0.717) is 30.8 Å². The number of urea groups is 1. The number of amides is 5. The van der Waals surface area contributed by atoms with Crippen LogP contribution in [0.4, 0.5) is 10.5 Å². The maximum atomic E-state index is 14.7. The Morgan fingerprint density at radius 2 is 1.64 bits per heavy atom. The number of hydrogen-bond donors (Lipinski definition) is 4. The topological polar surface area (TPSA) is 174 Å². The van der Waals surface area contributed by atoms with Gasteiger partial charge in [-0.1, -0.05) is 73.3 Å². The summed E-state index contributed by atoms with van der Waals surface area (Å²) in [5, 5.41) is 11.5. The minimum Gasteiger partial charge on any atom is -0.369 e. The monoisotopic (exact) mass is 736 g/mol. The number of likely N-dealkylation sites (tertiary alicyclic amines) is 1. The zero-order valence-electron chi connectivity index (χ0n) is 32.6. The van der Waals surface area contributed by atoms with Gasteiger partial charge in [-0.3, -0.25) is 28.8 Å². The fourth-order valence-corrected chi connectivity index (χ4v) is 8.83. The van der Waals surface area contributed by atoms with E-state index >= 15 is 0 Å². The molecule has 53 heavy (non-hydrogen) atoms. The molecular weight excluding hydrogens is 676 g/mol. The van der Waals surface area contributed by atoms with E-state index in [1.807, 2.05) is 27.7 Å². The number of nitrogens with one attached hydrogen (secondary N) is 4. The SMILES string of the molecule is C=CCNC(=O)C(=O)C(CCC)NC(=O)[C@@H]1[C@@H]2C(CN1C(=O)[C@@H](NC(=O)N[C@H](CN(C)c1c(C3CC3)c(=O)c1=O)C(C)(C)C)C1CCCCC1)C2(C)C. The smallest absolute Gasteiger partial charge is 0.315 e. The molecule has 2 unspecified atom stereocenters. The minimum atomic E-state index is -1.04. The van der Waals surface area contributed by atoms with E-state index in [0.717, 1.165) is 44.9 Å². The zero-order chi connectivity index (χ0) is 39.0. The fourth-order valence-electron chi connectivity index (χ4n) is 8.83. The summed E-state index contributed by atoms with van der Waals surface area (Å²) in [6, 6.07) is -3.72. The Kier molecular flexibility index (Phi) is 11.9. The van der Waals surface area contributed by atoms with Gasteiger partial charge in [0.1, 0.15) is 12.1 Å². The number of piperidine rings is 1. The highest BCUT2D eigenvalue weighted by molar-refractivity contribution is 6.38. The van der Waals surface area contributed by atoms with Crippen LogP contribution in [0.15, 0.2) is 22.2 Å². The van der Waals surface area contributed by atoms with Crippen LogP contribution in [0.1, 0.15) is 111 Å². The van der Waals surface area contributed by atoms with Crippen LogP contribution in [0.2, 0.25) is 0 Å². The third-order valence-electron chi connectivity index (χ3n) is 12.4. The number of fused-ring (bicyclic) bond motifs is 1. The molecule has 6 atom stereocenters. The van der Waals surface area contributed by atoms with Crippen LogP contribution in [0, 0.1) is 28.6 Å². The lowest BCUT2D eigenvalue weighted by atomic mass is 9.83. The molecule has 5 amide bonds. The average molecular weight is 737 g/mol. The van der Waals surface area contributed by atoms with Crippen molar-refractivity contribution in [1.29, 1.82) is 0 Å². The molecule has 1 aromatic carbocycles. The lowest BCUT2D eigenvalue weighted by molar-refractivity contribution is -0.144. The van der Waals surface area contributed by atoms with Crippen molar-refractivity contribution in [2.24, 2.45) is 28.6 Å². The number of Topliss-reactive ketones (excluding diaryl/α,β-unsaturated/α-hetero) is 1. The molecule has 4 N–H and O–H groups in total. The number of carbonyl (C=O) groups is 5. The summed E-state index contributed by atoms with van der Waals surface area (Å²) in [5.74, 6) is -2.36. The van der Waals surface area contributed by atoms with E-state index in [9.17, 15) is 33.6 Å². The first-order valence-corrected chi connectivity index (χ1v) is 19.6. The second-order valence-electron chi connectivity index (χ2n) is 17.6. The second-order valence-corrected chi connectivity index (χ2v) is 17.6. The highest BCUT2D eigenvalue weighted by atomic mass is 16.2. The molecule has 1 heterocycles. The summed E-state index contributed by atoms with van der Waals surface area (Å²) in [6.45, 7) is 16.3. The van der Waals surface area contributed by atoms with E-state index in [4.69, 9.17) is 0 Å². The number of anilines is 1. The molecule has 292 valence electrons. The van der Waals surface area contributed by atoms with Crippen LogP contribution < -0.4 is 37.0 Å². The maximum absolute atomic E-state index is 14.7. The Hall–Kier alpha value is -4.03. The largest absolute Gasteiger partial charge is 0.369 e.